The molecule has 0 bridgehead atoms. The Kier molecular flexibility index (Phi) is 8.46. The molecule has 1 saturated heterocycles. The molecule has 2 aliphatic heterocycles. The first-order valence-electron chi connectivity index (χ1n) is 12.6. The molecule has 11 nitrogen and oxygen atoms in total. The third kappa shape index (κ3) is 6.39. The van der Waals surface area contributed by atoms with Crippen LogP contribution in [0.25, 0.3) is 0 Å². The van der Waals surface area contributed by atoms with Gasteiger partial charge in [0.2, 0.25) is 5.91 Å². The number of hydrogen-bond donors (Lipinski definition) is 2. The summed E-state index contributed by atoms with van der Waals surface area (Å²) >= 11 is 0. The maximum Gasteiger partial charge on any atom is 0.423 e. The van der Waals surface area contributed by atoms with Crippen LogP contribution in [0, 0.1) is 0 Å². The van der Waals surface area contributed by atoms with Crippen LogP contribution in [0.15, 0.2) is 23.3 Å². The summed E-state index contributed by atoms with van der Waals surface area (Å²) in [5.41, 5.74) is -4.20. The number of anilines is 3. The van der Waals surface area contributed by atoms with Crippen molar-refractivity contribution in [3.63, 3.8) is 0 Å². The lowest BCUT2D eigenvalue weighted by Gasteiger charge is -2.47. The maximum absolute atomic E-state index is 13.2. The van der Waals surface area contributed by atoms with Gasteiger partial charge in [-0.1, -0.05) is 0 Å². The van der Waals surface area contributed by atoms with Crippen LogP contribution in [0.5, 0.6) is 0 Å². The zero-order valence-corrected chi connectivity index (χ0v) is 22.0. The van der Waals surface area contributed by atoms with Crippen LogP contribution in [0.2, 0.25) is 0 Å². The number of hydrogen-bond acceptors (Lipinski definition) is 8. The maximum atomic E-state index is 13.2. The number of piperazine rings is 1. The number of carbonyl (C=O) groups is 2. The molecule has 0 aromatic carbocycles. The number of ether oxygens (including phenoxy) is 1. The molecule has 1 fully saturated rings. The summed E-state index contributed by atoms with van der Waals surface area (Å²) in [6.45, 7) is 3.51. The van der Waals surface area contributed by atoms with E-state index in [1.807, 2.05) is 0 Å². The molecular weight excluding hydrogens is 564 g/mol. The summed E-state index contributed by atoms with van der Waals surface area (Å²) in [6, 6.07) is -0.579. The minimum absolute atomic E-state index is 0.00401. The molecule has 2 aromatic rings. The highest BCUT2D eigenvalue weighted by Gasteiger charge is 2.44. The van der Waals surface area contributed by atoms with Gasteiger partial charge in [0.05, 0.1) is 49.3 Å². The minimum Gasteiger partial charge on any atom is -0.379 e. The van der Waals surface area contributed by atoms with Gasteiger partial charge in [0.25, 0.3) is 11.5 Å². The highest BCUT2D eigenvalue weighted by atomic mass is 19.4. The van der Waals surface area contributed by atoms with Crippen LogP contribution in [0.1, 0.15) is 31.4 Å². The Morgan fingerprint density at radius 1 is 1.17 bits per heavy atom. The molecule has 2 aromatic heterocycles. The number of aromatic nitrogens is 3. The fraction of sp³-hybridized carbons (Fsp3) is 0.542. The van der Waals surface area contributed by atoms with Gasteiger partial charge in [0.15, 0.2) is 5.82 Å². The number of H-pyrrole nitrogens is 1. The SMILES string of the molecule is CCN1C(=O)[C@@H]2CN(C(=O)CCOCC(C)Nc3cn[nH]c(=O)c3C(F)(F)F)CCN2c2ncc(C(F)(F)F)cc21. The van der Waals surface area contributed by atoms with Gasteiger partial charge in [-0.3, -0.25) is 14.4 Å². The molecule has 41 heavy (non-hydrogen) atoms. The molecule has 224 valence electrons. The van der Waals surface area contributed by atoms with E-state index in [0.717, 1.165) is 18.5 Å². The van der Waals surface area contributed by atoms with Gasteiger partial charge in [-0.05, 0) is 19.9 Å². The van der Waals surface area contributed by atoms with Gasteiger partial charge < -0.3 is 24.8 Å². The fourth-order valence-electron chi connectivity index (χ4n) is 4.79. The summed E-state index contributed by atoms with van der Waals surface area (Å²) in [4.78, 5) is 45.9. The largest absolute Gasteiger partial charge is 0.423 e. The average molecular weight is 592 g/mol. The summed E-state index contributed by atoms with van der Waals surface area (Å²) in [7, 11) is 0. The van der Waals surface area contributed by atoms with Crippen molar-refractivity contribution in [2.75, 3.05) is 54.5 Å². The van der Waals surface area contributed by atoms with Crippen LogP contribution >= 0.6 is 0 Å². The Hall–Kier alpha value is -3.89. The molecule has 4 rings (SSSR count). The van der Waals surface area contributed by atoms with E-state index in [1.165, 1.54) is 16.7 Å². The fourth-order valence-corrected chi connectivity index (χ4v) is 4.79. The number of carbonyl (C=O) groups excluding carboxylic acids is 2. The first kappa shape index (κ1) is 30.1. The van der Waals surface area contributed by atoms with Gasteiger partial charge in [-0.15, -0.1) is 0 Å². The normalized spacial score (nSPS) is 18.2. The summed E-state index contributed by atoms with van der Waals surface area (Å²) in [6.07, 6.45) is -8.02. The van der Waals surface area contributed by atoms with E-state index >= 15 is 0 Å². The lowest BCUT2D eigenvalue weighted by Crippen LogP contribution is -2.63. The molecule has 2 aliphatic rings. The number of rotatable bonds is 8. The second-order valence-corrected chi connectivity index (χ2v) is 9.55. The Labute approximate surface area is 229 Å². The van der Waals surface area contributed by atoms with E-state index in [9.17, 15) is 40.7 Å². The second kappa shape index (κ2) is 11.5. The van der Waals surface area contributed by atoms with Crippen molar-refractivity contribution >= 4 is 29.0 Å². The summed E-state index contributed by atoms with van der Waals surface area (Å²) < 4.78 is 84.7. The highest BCUT2D eigenvalue weighted by Crippen LogP contribution is 2.40. The van der Waals surface area contributed by atoms with Gasteiger partial charge >= 0.3 is 12.4 Å². The number of halogens is 6. The van der Waals surface area contributed by atoms with E-state index in [2.05, 4.69) is 15.4 Å². The van der Waals surface area contributed by atoms with Gasteiger partial charge in [-0.25, -0.2) is 10.1 Å². The molecule has 0 radical (unpaired) electrons. The van der Waals surface area contributed by atoms with Crippen molar-refractivity contribution in [2.24, 2.45) is 0 Å². The highest BCUT2D eigenvalue weighted by molar-refractivity contribution is 6.05. The van der Waals surface area contributed by atoms with Crippen molar-refractivity contribution < 1.29 is 40.7 Å². The predicted molar refractivity (Wildman–Crippen MR) is 133 cm³/mol. The summed E-state index contributed by atoms with van der Waals surface area (Å²) in [5, 5.41) is 7.66. The minimum atomic E-state index is -4.89. The lowest BCUT2D eigenvalue weighted by atomic mass is 10.0. The third-order valence-electron chi connectivity index (χ3n) is 6.71. The monoisotopic (exact) mass is 591 g/mol. The number of nitrogens with zero attached hydrogens (tertiary/aromatic N) is 5. The second-order valence-electron chi connectivity index (χ2n) is 9.55. The van der Waals surface area contributed by atoms with Crippen LogP contribution in [0.3, 0.4) is 0 Å². The van der Waals surface area contributed by atoms with Crippen molar-refractivity contribution in [1.82, 2.24) is 20.1 Å². The Morgan fingerprint density at radius 3 is 2.56 bits per heavy atom. The van der Waals surface area contributed by atoms with Gasteiger partial charge in [0, 0.05) is 31.9 Å². The molecule has 0 spiro atoms. The number of nitrogens with one attached hydrogen (secondary N) is 2. The van der Waals surface area contributed by atoms with Crippen LogP contribution < -0.4 is 20.7 Å². The lowest BCUT2D eigenvalue weighted by molar-refractivity contribution is -0.138. The van der Waals surface area contributed by atoms with Gasteiger partial charge in [-0.2, -0.15) is 31.4 Å². The molecule has 2 atom stereocenters. The molecule has 0 saturated carbocycles. The molecule has 0 aliphatic carbocycles. The number of alkyl halides is 6. The molecule has 4 heterocycles. The van der Waals surface area contributed by atoms with Crippen molar-refractivity contribution in [3.05, 3.63) is 39.9 Å². The number of likely N-dealkylation sites (N-methyl/N-ethyl adjacent to an activating group) is 1. The van der Waals surface area contributed by atoms with Crippen LogP contribution in [-0.2, 0) is 26.7 Å². The average Bonchev–Trinajstić information content (AvgIpc) is 2.89. The third-order valence-corrected chi connectivity index (χ3v) is 6.71. The van der Waals surface area contributed by atoms with Crippen molar-refractivity contribution in [3.8, 4) is 0 Å². The first-order valence-corrected chi connectivity index (χ1v) is 12.6. The van der Waals surface area contributed by atoms with Crippen molar-refractivity contribution in [2.45, 2.75) is 44.7 Å². The van der Waals surface area contributed by atoms with E-state index in [-0.39, 0.29) is 63.2 Å². The smallest absolute Gasteiger partial charge is 0.379 e. The molecule has 1 unspecified atom stereocenters. The standard InChI is InChI=1S/C24H27F6N7O4/c1-3-36-16-8-14(23(25,26)27)9-31-20(16)37-6-5-35(11-17(37)22(36)40)18(38)4-7-41-12-13(2)33-15-10-32-34-21(39)19(15)24(28,29)30/h8-10,13,17H,3-7,11-12H2,1-2H3,(H2,33,34,39)/t13?,17-/m0/s1. The zero-order valence-electron chi connectivity index (χ0n) is 22.0. The predicted octanol–water partition coefficient (Wildman–Crippen LogP) is 2.49. The van der Waals surface area contributed by atoms with Crippen LogP contribution in [0.4, 0.5) is 43.5 Å². The number of pyridine rings is 1. The number of amides is 2. The number of fused-ring (bicyclic) bond motifs is 3. The molecular formula is C24H27F6N7O4. The molecule has 2 N–H and O–H groups in total. The zero-order chi connectivity index (χ0) is 30.1. The van der Waals surface area contributed by atoms with Gasteiger partial charge in [0.1, 0.15) is 11.6 Å². The Bertz CT molecular complexity index is 1350. The van der Waals surface area contributed by atoms with Crippen LogP contribution in [-0.4, -0.2) is 83.4 Å². The van der Waals surface area contributed by atoms with E-state index in [1.54, 1.807) is 16.9 Å². The Morgan fingerprint density at radius 2 is 1.90 bits per heavy atom. The van der Waals surface area contributed by atoms with E-state index in [0.29, 0.717) is 0 Å². The number of aromatic amines is 1. The Balaban J connectivity index is 1.32. The quantitative estimate of drug-likeness (QED) is 0.355. The molecule has 17 heteroatoms. The first-order chi connectivity index (χ1) is 19.2. The molecule has 2 amide bonds. The topological polar surface area (TPSA) is 124 Å². The summed E-state index contributed by atoms with van der Waals surface area (Å²) in [5.74, 6) is -0.529. The van der Waals surface area contributed by atoms with E-state index in [4.69, 9.17) is 4.74 Å². The van der Waals surface area contributed by atoms with Crippen molar-refractivity contribution in [1.29, 1.82) is 0 Å². The van der Waals surface area contributed by atoms with E-state index < -0.39 is 52.7 Å².